The zero-order valence-corrected chi connectivity index (χ0v) is 17.1. The molecule has 0 radical (unpaired) electrons. The lowest BCUT2D eigenvalue weighted by Gasteiger charge is -2.15. The van der Waals surface area contributed by atoms with Crippen molar-refractivity contribution in [3.8, 4) is 5.75 Å². The van der Waals surface area contributed by atoms with Crippen molar-refractivity contribution in [1.29, 1.82) is 0 Å². The van der Waals surface area contributed by atoms with Gasteiger partial charge in [-0.1, -0.05) is 0 Å². The maximum absolute atomic E-state index is 11.8. The van der Waals surface area contributed by atoms with Crippen LogP contribution in [0.2, 0.25) is 0 Å². The van der Waals surface area contributed by atoms with Crippen LogP contribution in [0, 0.1) is 0 Å². The molecule has 28 heavy (non-hydrogen) atoms. The second-order valence-corrected chi connectivity index (χ2v) is 6.84. The molecule has 1 aromatic heterocycles. The van der Waals surface area contributed by atoms with Gasteiger partial charge in [0.25, 0.3) is 0 Å². The van der Waals surface area contributed by atoms with Crippen LogP contribution in [-0.2, 0) is 11.2 Å². The number of nitrogens with zero attached hydrogens (tertiary/aromatic N) is 2. The number of hydrogen-bond donors (Lipinski definition) is 2. The first-order chi connectivity index (χ1) is 13.4. The first-order valence-corrected chi connectivity index (χ1v) is 9.48. The standard InChI is InChI=1S/C21H30N4O3/c1-16(2)28-19-9-7-17(8-10-19)24-21(23-14-12-20(26)25(3)4)22-13-11-18-6-5-15-27-18/h5-10,15-16H,11-14H2,1-4H3,(H2,22,23,24). The van der Waals surface area contributed by atoms with E-state index in [0.717, 1.165) is 17.2 Å². The smallest absolute Gasteiger partial charge is 0.223 e. The molecule has 2 aromatic rings. The summed E-state index contributed by atoms with van der Waals surface area (Å²) < 4.78 is 11.0. The Hall–Kier alpha value is -2.96. The van der Waals surface area contributed by atoms with Crippen molar-refractivity contribution in [3.05, 3.63) is 48.4 Å². The van der Waals surface area contributed by atoms with Crippen LogP contribution in [0.25, 0.3) is 0 Å². The van der Waals surface area contributed by atoms with Crippen LogP contribution in [0.1, 0.15) is 26.0 Å². The van der Waals surface area contributed by atoms with Gasteiger partial charge in [-0.05, 0) is 50.2 Å². The molecule has 0 bridgehead atoms. The topological polar surface area (TPSA) is 79.1 Å². The highest BCUT2D eigenvalue weighted by atomic mass is 16.5. The van der Waals surface area contributed by atoms with Crippen LogP contribution in [0.15, 0.2) is 52.1 Å². The van der Waals surface area contributed by atoms with Crippen molar-refractivity contribution in [2.24, 2.45) is 4.99 Å². The average Bonchev–Trinajstić information content (AvgIpc) is 3.16. The minimum absolute atomic E-state index is 0.0672. The highest BCUT2D eigenvalue weighted by Gasteiger charge is 2.06. The summed E-state index contributed by atoms with van der Waals surface area (Å²) in [6, 6.07) is 11.5. The number of rotatable bonds is 9. The zero-order chi connectivity index (χ0) is 20.4. The molecule has 7 nitrogen and oxygen atoms in total. The minimum atomic E-state index is 0.0672. The van der Waals surface area contributed by atoms with Gasteiger partial charge in [-0.25, -0.2) is 0 Å². The normalized spacial score (nSPS) is 11.4. The molecule has 2 rings (SSSR count). The predicted octanol–water partition coefficient (Wildman–Crippen LogP) is 3.15. The summed E-state index contributed by atoms with van der Waals surface area (Å²) in [5.74, 6) is 2.40. The fraction of sp³-hybridized carbons (Fsp3) is 0.429. The van der Waals surface area contributed by atoms with Crippen molar-refractivity contribution in [2.45, 2.75) is 32.8 Å². The molecule has 0 atom stereocenters. The van der Waals surface area contributed by atoms with Crippen LogP contribution in [0.3, 0.4) is 0 Å². The molecular formula is C21H30N4O3. The largest absolute Gasteiger partial charge is 0.491 e. The predicted molar refractivity (Wildman–Crippen MR) is 112 cm³/mol. The Morgan fingerprint density at radius 1 is 1.21 bits per heavy atom. The number of furan rings is 1. The maximum atomic E-state index is 11.8. The number of amides is 1. The van der Waals surface area contributed by atoms with E-state index >= 15 is 0 Å². The molecule has 1 amide bonds. The summed E-state index contributed by atoms with van der Waals surface area (Å²) >= 11 is 0. The first-order valence-electron chi connectivity index (χ1n) is 9.48. The van der Waals surface area contributed by atoms with E-state index in [-0.39, 0.29) is 12.0 Å². The molecule has 0 fully saturated rings. The third-order valence-electron chi connectivity index (χ3n) is 3.83. The van der Waals surface area contributed by atoms with E-state index in [1.807, 2.05) is 50.2 Å². The Kier molecular flexibility index (Phi) is 8.39. The first kappa shape index (κ1) is 21.3. The van der Waals surface area contributed by atoms with E-state index in [0.29, 0.717) is 31.9 Å². The molecular weight excluding hydrogens is 356 g/mol. The summed E-state index contributed by atoms with van der Waals surface area (Å²) in [5.41, 5.74) is 0.888. The third-order valence-corrected chi connectivity index (χ3v) is 3.83. The number of anilines is 1. The number of hydrogen-bond acceptors (Lipinski definition) is 4. The fourth-order valence-electron chi connectivity index (χ4n) is 2.41. The molecule has 0 aliphatic rings. The summed E-state index contributed by atoms with van der Waals surface area (Å²) in [5, 5.41) is 6.48. The van der Waals surface area contributed by atoms with Gasteiger partial charge in [-0.15, -0.1) is 0 Å². The lowest BCUT2D eigenvalue weighted by atomic mass is 10.3. The number of carbonyl (C=O) groups is 1. The average molecular weight is 386 g/mol. The zero-order valence-electron chi connectivity index (χ0n) is 17.1. The summed E-state index contributed by atoms with van der Waals surface area (Å²) in [6.07, 6.45) is 2.89. The van der Waals surface area contributed by atoms with Gasteiger partial charge in [0.2, 0.25) is 5.91 Å². The number of nitrogens with one attached hydrogen (secondary N) is 2. The monoisotopic (exact) mass is 386 g/mol. The third kappa shape index (κ3) is 7.73. The lowest BCUT2D eigenvalue weighted by Crippen LogP contribution is -2.34. The van der Waals surface area contributed by atoms with Gasteiger partial charge < -0.3 is 24.7 Å². The highest BCUT2D eigenvalue weighted by molar-refractivity contribution is 5.93. The van der Waals surface area contributed by atoms with Crippen LogP contribution < -0.4 is 15.4 Å². The minimum Gasteiger partial charge on any atom is -0.491 e. The second kappa shape index (κ2) is 11.0. The second-order valence-electron chi connectivity index (χ2n) is 6.84. The van der Waals surface area contributed by atoms with E-state index in [2.05, 4.69) is 15.6 Å². The van der Waals surface area contributed by atoms with Gasteiger partial charge in [-0.2, -0.15) is 0 Å². The van der Waals surface area contributed by atoms with Gasteiger partial charge in [0.15, 0.2) is 5.96 Å². The van der Waals surface area contributed by atoms with Crippen LogP contribution in [0.4, 0.5) is 5.69 Å². The number of benzene rings is 1. The van der Waals surface area contributed by atoms with E-state index < -0.39 is 0 Å². The molecule has 1 heterocycles. The number of ether oxygens (including phenoxy) is 1. The molecule has 7 heteroatoms. The maximum Gasteiger partial charge on any atom is 0.223 e. The molecule has 0 unspecified atom stereocenters. The lowest BCUT2D eigenvalue weighted by molar-refractivity contribution is -0.128. The van der Waals surface area contributed by atoms with Crippen LogP contribution in [0.5, 0.6) is 5.75 Å². The van der Waals surface area contributed by atoms with Gasteiger partial charge in [-0.3, -0.25) is 9.79 Å². The molecule has 0 aliphatic carbocycles. The summed E-state index contributed by atoms with van der Waals surface area (Å²) in [7, 11) is 3.50. The van der Waals surface area contributed by atoms with Gasteiger partial charge in [0, 0.05) is 45.7 Å². The molecule has 2 N–H and O–H groups in total. The van der Waals surface area contributed by atoms with Crippen LogP contribution in [-0.4, -0.2) is 50.1 Å². The van der Waals surface area contributed by atoms with Gasteiger partial charge >= 0.3 is 0 Å². The fourth-order valence-corrected chi connectivity index (χ4v) is 2.41. The van der Waals surface area contributed by atoms with Crippen molar-refractivity contribution in [1.82, 2.24) is 10.2 Å². The molecule has 0 saturated carbocycles. The number of carbonyl (C=O) groups excluding carboxylic acids is 1. The highest BCUT2D eigenvalue weighted by Crippen LogP contribution is 2.16. The van der Waals surface area contributed by atoms with Crippen molar-refractivity contribution < 1.29 is 13.9 Å². The Balaban J connectivity index is 1.96. The Morgan fingerprint density at radius 2 is 1.96 bits per heavy atom. The Labute approximate surface area is 166 Å². The van der Waals surface area contributed by atoms with Crippen molar-refractivity contribution >= 4 is 17.6 Å². The molecule has 0 saturated heterocycles. The van der Waals surface area contributed by atoms with E-state index in [1.165, 1.54) is 0 Å². The van der Waals surface area contributed by atoms with E-state index in [4.69, 9.17) is 9.15 Å². The van der Waals surface area contributed by atoms with E-state index in [9.17, 15) is 4.79 Å². The van der Waals surface area contributed by atoms with Crippen molar-refractivity contribution in [2.75, 3.05) is 32.5 Å². The summed E-state index contributed by atoms with van der Waals surface area (Å²) in [6.45, 7) is 5.06. The van der Waals surface area contributed by atoms with Crippen molar-refractivity contribution in [3.63, 3.8) is 0 Å². The molecule has 1 aromatic carbocycles. The van der Waals surface area contributed by atoms with E-state index in [1.54, 1.807) is 25.3 Å². The summed E-state index contributed by atoms with van der Waals surface area (Å²) in [4.78, 5) is 17.9. The molecule has 0 aliphatic heterocycles. The quantitative estimate of drug-likeness (QED) is 0.511. The van der Waals surface area contributed by atoms with Crippen LogP contribution >= 0.6 is 0 Å². The molecule has 152 valence electrons. The van der Waals surface area contributed by atoms with Gasteiger partial charge in [0.05, 0.1) is 12.4 Å². The molecule has 0 spiro atoms. The number of guanidine groups is 1. The van der Waals surface area contributed by atoms with Gasteiger partial charge in [0.1, 0.15) is 11.5 Å². The Morgan fingerprint density at radius 3 is 2.57 bits per heavy atom. The number of aliphatic imine (C=N–C) groups is 1. The SMILES string of the molecule is CC(C)Oc1ccc(NC(=NCCc2ccco2)NCCC(=O)N(C)C)cc1. The Bertz CT molecular complexity index is 738.